The molecule has 0 spiro atoms. The summed E-state index contributed by atoms with van der Waals surface area (Å²) in [7, 11) is 0. The van der Waals surface area contributed by atoms with E-state index in [9.17, 15) is 5.11 Å². The number of hydrogen-bond donors (Lipinski definition) is 1. The minimum atomic E-state index is -0.543. The molecule has 0 saturated carbocycles. The molecule has 0 bridgehead atoms. The van der Waals surface area contributed by atoms with Gasteiger partial charge in [-0.25, -0.2) is 0 Å². The molecule has 1 N–H and O–H groups in total. The molecule has 1 aliphatic heterocycles. The van der Waals surface area contributed by atoms with Crippen molar-refractivity contribution in [1.82, 2.24) is 4.90 Å². The van der Waals surface area contributed by atoms with E-state index in [1.54, 1.807) is 0 Å². The van der Waals surface area contributed by atoms with Crippen molar-refractivity contribution in [2.24, 2.45) is 0 Å². The second kappa shape index (κ2) is 6.91. The SMILES string of the molecule is CCCN1CCOC(C(O)c2ccc(C(C)(C)C)cc2)C1. The Balaban J connectivity index is 2.03. The largest absolute Gasteiger partial charge is 0.386 e. The van der Waals surface area contributed by atoms with Crippen LogP contribution in [0.2, 0.25) is 0 Å². The number of rotatable bonds is 4. The Bertz CT molecular complexity index is 434. The molecule has 21 heavy (non-hydrogen) atoms. The highest BCUT2D eigenvalue weighted by Gasteiger charge is 2.27. The van der Waals surface area contributed by atoms with Crippen molar-refractivity contribution in [1.29, 1.82) is 0 Å². The number of hydrogen-bond acceptors (Lipinski definition) is 3. The summed E-state index contributed by atoms with van der Waals surface area (Å²) in [6.07, 6.45) is 0.479. The molecule has 1 aliphatic rings. The first-order valence-corrected chi connectivity index (χ1v) is 8.04. The number of nitrogens with zero attached hydrogens (tertiary/aromatic N) is 1. The highest BCUT2D eigenvalue weighted by atomic mass is 16.5. The van der Waals surface area contributed by atoms with Crippen LogP contribution in [0.1, 0.15) is 51.3 Å². The van der Waals surface area contributed by atoms with Crippen molar-refractivity contribution in [3.63, 3.8) is 0 Å². The molecule has 0 radical (unpaired) electrons. The van der Waals surface area contributed by atoms with Gasteiger partial charge >= 0.3 is 0 Å². The lowest BCUT2D eigenvalue weighted by Gasteiger charge is -2.35. The van der Waals surface area contributed by atoms with E-state index in [1.165, 1.54) is 5.56 Å². The number of morpholine rings is 1. The molecule has 1 saturated heterocycles. The summed E-state index contributed by atoms with van der Waals surface area (Å²) in [5.74, 6) is 0. The van der Waals surface area contributed by atoms with Crippen LogP contribution in [0.25, 0.3) is 0 Å². The van der Waals surface area contributed by atoms with E-state index in [4.69, 9.17) is 4.74 Å². The molecule has 3 nitrogen and oxygen atoms in total. The molecule has 0 amide bonds. The summed E-state index contributed by atoms with van der Waals surface area (Å²) in [6, 6.07) is 8.30. The minimum Gasteiger partial charge on any atom is -0.386 e. The Labute approximate surface area is 128 Å². The van der Waals surface area contributed by atoms with Crippen molar-refractivity contribution in [2.75, 3.05) is 26.2 Å². The van der Waals surface area contributed by atoms with Crippen molar-refractivity contribution >= 4 is 0 Å². The predicted molar refractivity (Wildman–Crippen MR) is 86.6 cm³/mol. The maximum atomic E-state index is 10.6. The molecular weight excluding hydrogens is 262 g/mol. The fourth-order valence-electron chi connectivity index (χ4n) is 2.84. The molecule has 1 fully saturated rings. The van der Waals surface area contributed by atoms with Gasteiger partial charge in [-0.2, -0.15) is 0 Å². The molecule has 0 aliphatic carbocycles. The Morgan fingerprint density at radius 2 is 1.95 bits per heavy atom. The zero-order valence-electron chi connectivity index (χ0n) is 13.8. The van der Waals surface area contributed by atoms with Crippen LogP contribution in [0.15, 0.2) is 24.3 Å². The van der Waals surface area contributed by atoms with Gasteiger partial charge in [0.1, 0.15) is 12.2 Å². The standard InChI is InChI=1S/C18H29NO2/c1-5-10-19-11-12-21-16(13-19)17(20)14-6-8-15(9-7-14)18(2,3)4/h6-9,16-17,20H,5,10-13H2,1-4H3. The van der Waals surface area contributed by atoms with Crippen LogP contribution in [0, 0.1) is 0 Å². The van der Waals surface area contributed by atoms with Gasteiger partial charge in [-0.05, 0) is 29.5 Å². The number of aliphatic hydroxyl groups is 1. The smallest absolute Gasteiger partial charge is 0.106 e. The molecule has 1 aromatic carbocycles. The van der Waals surface area contributed by atoms with Crippen LogP contribution in [-0.2, 0) is 10.2 Å². The molecular formula is C18H29NO2. The highest BCUT2D eigenvalue weighted by molar-refractivity contribution is 5.29. The zero-order valence-corrected chi connectivity index (χ0v) is 13.8. The predicted octanol–water partition coefficient (Wildman–Crippen LogP) is 3.13. The van der Waals surface area contributed by atoms with E-state index in [-0.39, 0.29) is 11.5 Å². The Morgan fingerprint density at radius 1 is 1.29 bits per heavy atom. The molecule has 2 atom stereocenters. The van der Waals surface area contributed by atoms with Crippen LogP contribution in [0.3, 0.4) is 0 Å². The lowest BCUT2D eigenvalue weighted by atomic mass is 9.86. The van der Waals surface area contributed by atoms with Gasteiger partial charge in [0.15, 0.2) is 0 Å². The molecule has 2 rings (SSSR count). The summed E-state index contributed by atoms with van der Waals surface area (Å²) in [5.41, 5.74) is 2.38. The third-order valence-corrected chi connectivity index (χ3v) is 4.19. The van der Waals surface area contributed by atoms with E-state index in [1.807, 2.05) is 12.1 Å². The first-order chi connectivity index (χ1) is 9.91. The molecule has 3 heteroatoms. The van der Waals surface area contributed by atoms with E-state index in [2.05, 4.69) is 44.7 Å². The van der Waals surface area contributed by atoms with Gasteiger partial charge in [0.05, 0.1) is 6.61 Å². The van der Waals surface area contributed by atoms with Gasteiger partial charge in [0.25, 0.3) is 0 Å². The second-order valence-electron chi connectivity index (χ2n) is 7.03. The number of ether oxygens (including phenoxy) is 1. The van der Waals surface area contributed by atoms with E-state index in [0.29, 0.717) is 6.61 Å². The molecule has 118 valence electrons. The van der Waals surface area contributed by atoms with Gasteiger partial charge in [-0.1, -0.05) is 52.0 Å². The quantitative estimate of drug-likeness (QED) is 0.925. The number of benzene rings is 1. The van der Waals surface area contributed by atoms with Crippen LogP contribution in [-0.4, -0.2) is 42.4 Å². The average Bonchev–Trinajstić information content (AvgIpc) is 2.46. The van der Waals surface area contributed by atoms with Gasteiger partial charge in [0.2, 0.25) is 0 Å². The second-order valence-corrected chi connectivity index (χ2v) is 7.03. The normalized spacial score (nSPS) is 22.2. The summed E-state index contributed by atoms with van der Waals surface area (Å²) < 4.78 is 5.78. The molecule has 1 aromatic rings. The van der Waals surface area contributed by atoms with Gasteiger partial charge < -0.3 is 9.84 Å². The van der Waals surface area contributed by atoms with Gasteiger partial charge in [-0.15, -0.1) is 0 Å². The Kier molecular flexibility index (Phi) is 5.42. The number of aliphatic hydroxyl groups excluding tert-OH is 1. The van der Waals surface area contributed by atoms with Crippen LogP contribution in [0.4, 0.5) is 0 Å². The van der Waals surface area contributed by atoms with Crippen LogP contribution >= 0.6 is 0 Å². The summed E-state index contributed by atoms with van der Waals surface area (Å²) >= 11 is 0. The lowest BCUT2D eigenvalue weighted by Crippen LogP contribution is -2.45. The van der Waals surface area contributed by atoms with E-state index in [0.717, 1.165) is 31.6 Å². The summed E-state index contributed by atoms with van der Waals surface area (Å²) in [4.78, 5) is 2.38. The lowest BCUT2D eigenvalue weighted by molar-refractivity contribution is -0.0898. The maximum absolute atomic E-state index is 10.6. The van der Waals surface area contributed by atoms with Gasteiger partial charge in [0, 0.05) is 13.1 Å². The molecule has 2 unspecified atom stereocenters. The molecule has 0 aromatic heterocycles. The fourth-order valence-corrected chi connectivity index (χ4v) is 2.84. The Morgan fingerprint density at radius 3 is 2.52 bits per heavy atom. The molecule has 1 heterocycles. The topological polar surface area (TPSA) is 32.7 Å². The van der Waals surface area contributed by atoms with Crippen LogP contribution in [0.5, 0.6) is 0 Å². The van der Waals surface area contributed by atoms with Crippen molar-refractivity contribution in [3.05, 3.63) is 35.4 Å². The fraction of sp³-hybridized carbons (Fsp3) is 0.667. The summed E-state index contributed by atoms with van der Waals surface area (Å²) in [5, 5.41) is 10.6. The highest BCUT2D eigenvalue weighted by Crippen LogP contribution is 2.26. The monoisotopic (exact) mass is 291 g/mol. The van der Waals surface area contributed by atoms with Crippen molar-refractivity contribution in [3.8, 4) is 0 Å². The summed E-state index contributed by atoms with van der Waals surface area (Å²) in [6.45, 7) is 12.4. The van der Waals surface area contributed by atoms with E-state index >= 15 is 0 Å². The third-order valence-electron chi connectivity index (χ3n) is 4.19. The first-order valence-electron chi connectivity index (χ1n) is 8.04. The van der Waals surface area contributed by atoms with Crippen LogP contribution < -0.4 is 0 Å². The van der Waals surface area contributed by atoms with Crippen molar-refractivity contribution < 1.29 is 9.84 Å². The van der Waals surface area contributed by atoms with Crippen molar-refractivity contribution in [2.45, 2.75) is 51.7 Å². The third kappa shape index (κ3) is 4.29. The maximum Gasteiger partial charge on any atom is 0.106 e. The average molecular weight is 291 g/mol. The Hall–Kier alpha value is -0.900. The van der Waals surface area contributed by atoms with Gasteiger partial charge in [-0.3, -0.25) is 4.90 Å². The zero-order chi connectivity index (χ0) is 15.5. The first kappa shape index (κ1) is 16.5. The minimum absolute atomic E-state index is 0.120. The van der Waals surface area contributed by atoms with E-state index < -0.39 is 6.10 Å².